The summed E-state index contributed by atoms with van der Waals surface area (Å²) in [6.45, 7) is -0.0699. The van der Waals surface area contributed by atoms with Crippen LogP contribution < -0.4 is 4.74 Å². The van der Waals surface area contributed by atoms with Crippen LogP contribution in [0.4, 0.5) is 5.69 Å². The van der Waals surface area contributed by atoms with E-state index in [9.17, 15) is 18.5 Å². The van der Waals surface area contributed by atoms with E-state index in [4.69, 9.17) is 4.74 Å². The SMILES string of the molecule is CS(=O)(=O)OCc1ccc(OCc2ccccc2)c([N+](=O)[O-])c1. The minimum Gasteiger partial charge on any atom is -0.482 e. The molecule has 0 atom stereocenters. The molecule has 0 bridgehead atoms. The maximum Gasteiger partial charge on any atom is 0.311 e. The normalized spacial score (nSPS) is 11.2. The van der Waals surface area contributed by atoms with E-state index in [1.807, 2.05) is 30.3 Å². The van der Waals surface area contributed by atoms with Crippen molar-refractivity contribution < 1.29 is 22.3 Å². The van der Waals surface area contributed by atoms with Crippen LogP contribution in [0.3, 0.4) is 0 Å². The van der Waals surface area contributed by atoms with Crippen molar-refractivity contribution in [3.05, 3.63) is 69.8 Å². The Bertz CT molecular complexity index is 789. The maximum absolute atomic E-state index is 11.2. The first-order valence-corrected chi connectivity index (χ1v) is 8.45. The predicted molar refractivity (Wildman–Crippen MR) is 83.5 cm³/mol. The Kier molecular flexibility index (Phi) is 5.30. The van der Waals surface area contributed by atoms with Gasteiger partial charge in [-0.3, -0.25) is 14.3 Å². The molecule has 0 aromatic heterocycles. The third kappa shape index (κ3) is 5.35. The third-order valence-electron chi connectivity index (χ3n) is 2.90. The lowest BCUT2D eigenvalue weighted by molar-refractivity contribution is -0.386. The first-order valence-electron chi connectivity index (χ1n) is 6.63. The van der Waals surface area contributed by atoms with Crippen LogP contribution in [0.1, 0.15) is 11.1 Å². The van der Waals surface area contributed by atoms with Crippen LogP contribution in [0.2, 0.25) is 0 Å². The lowest BCUT2D eigenvalue weighted by Crippen LogP contribution is -2.04. The van der Waals surface area contributed by atoms with Crippen LogP contribution in [-0.2, 0) is 27.5 Å². The number of rotatable bonds is 7. The highest BCUT2D eigenvalue weighted by Gasteiger charge is 2.17. The Hall–Kier alpha value is -2.45. The highest BCUT2D eigenvalue weighted by atomic mass is 32.2. The fourth-order valence-electron chi connectivity index (χ4n) is 1.83. The molecule has 0 saturated carbocycles. The highest BCUT2D eigenvalue weighted by molar-refractivity contribution is 7.85. The van der Waals surface area contributed by atoms with Gasteiger partial charge in [-0.05, 0) is 17.2 Å². The lowest BCUT2D eigenvalue weighted by Gasteiger charge is -2.08. The van der Waals surface area contributed by atoms with Crippen molar-refractivity contribution in [3.8, 4) is 5.75 Å². The molecule has 0 fully saturated rings. The van der Waals surface area contributed by atoms with Crippen molar-refractivity contribution in [3.63, 3.8) is 0 Å². The van der Waals surface area contributed by atoms with Gasteiger partial charge < -0.3 is 4.74 Å². The highest BCUT2D eigenvalue weighted by Crippen LogP contribution is 2.29. The number of nitro benzene ring substituents is 1. The Morgan fingerprint density at radius 1 is 1.04 bits per heavy atom. The molecule has 0 aliphatic carbocycles. The zero-order chi connectivity index (χ0) is 16.9. The molecule has 2 rings (SSSR count). The molecule has 122 valence electrons. The summed E-state index contributed by atoms with van der Waals surface area (Å²) in [4.78, 5) is 10.6. The number of nitrogens with zero attached hydrogens (tertiary/aromatic N) is 1. The van der Waals surface area contributed by atoms with Gasteiger partial charge in [-0.15, -0.1) is 0 Å². The smallest absolute Gasteiger partial charge is 0.311 e. The summed E-state index contributed by atoms with van der Waals surface area (Å²) in [7, 11) is -3.61. The molecular formula is C15H15NO6S. The molecule has 0 heterocycles. The standard InChI is InChI=1S/C15H15NO6S/c1-23(19,20)22-11-13-7-8-15(14(9-13)16(17)18)21-10-12-5-3-2-4-6-12/h2-9H,10-11H2,1H3. The lowest BCUT2D eigenvalue weighted by atomic mass is 10.2. The first kappa shape index (κ1) is 16.9. The van der Waals surface area contributed by atoms with Crippen LogP contribution in [0.25, 0.3) is 0 Å². The second-order valence-corrected chi connectivity index (χ2v) is 6.44. The van der Waals surface area contributed by atoms with Crippen molar-refractivity contribution in [2.75, 3.05) is 6.26 Å². The molecule has 7 nitrogen and oxygen atoms in total. The van der Waals surface area contributed by atoms with E-state index in [-0.39, 0.29) is 24.7 Å². The summed E-state index contributed by atoms with van der Waals surface area (Å²) >= 11 is 0. The molecule has 0 amide bonds. The van der Waals surface area contributed by atoms with Gasteiger partial charge in [-0.2, -0.15) is 8.42 Å². The van der Waals surface area contributed by atoms with E-state index in [1.54, 1.807) is 0 Å². The molecule has 0 aliphatic heterocycles. The van der Waals surface area contributed by atoms with Crippen molar-refractivity contribution in [1.29, 1.82) is 0 Å². The molecule has 2 aromatic carbocycles. The summed E-state index contributed by atoms with van der Waals surface area (Å²) in [6.07, 6.45) is 0.915. The summed E-state index contributed by atoms with van der Waals surface area (Å²) in [5.74, 6) is 0.113. The average Bonchev–Trinajstić information content (AvgIpc) is 2.51. The largest absolute Gasteiger partial charge is 0.482 e. The fraction of sp³-hybridized carbons (Fsp3) is 0.200. The summed E-state index contributed by atoms with van der Waals surface area (Å²) in [5.41, 5.74) is 1.01. The quantitative estimate of drug-likeness (QED) is 0.438. The zero-order valence-electron chi connectivity index (χ0n) is 12.3. The maximum atomic E-state index is 11.2. The van der Waals surface area contributed by atoms with Gasteiger partial charge in [-0.25, -0.2) is 0 Å². The Morgan fingerprint density at radius 3 is 2.35 bits per heavy atom. The number of hydrogen-bond donors (Lipinski definition) is 0. The van der Waals surface area contributed by atoms with E-state index in [1.165, 1.54) is 18.2 Å². The first-order chi connectivity index (χ1) is 10.8. The number of ether oxygens (including phenoxy) is 1. The van der Waals surface area contributed by atoms with Crippen LogP contribution in [0, 0.1) is 10.1 Å². The second-order valence-electron chi connectivity index (χ2n) is 4.80. The third-order valence-corrected chi connectivity index (χ3v) is 3.44. The monoisotopic (exact) mass is 337 g/mol. The van der Waals surface area contributed by atoms with E-state index < -0.39 is 15.0 Å². The van der Waals surface area contributed by atoms with Crippen molar-refractivity contribution in [1.82, 2.24) is 0 Å². The van der Waals surface area contributed by atoms with Gasteiger partial charge in [0.2, 0.25) is 0 Å². The second kappa shape index (κ2) is 7.21. The number of benzene rings is 2. The van der Waals surface area contributed by atoms with Gasteiger partial charge in [0.05, 0.1) is 17.8 Å². The Labute approximate surface area is 133 Å². The Balaban J connectivity index is 2.14. The fourth-order valence-corrected chi connectivity index (χ4v) is 2.18. The van der Waals surface area contributed by atoms with Gasteiger partial charge in [-0.1, -0.05) is 36.4 Å². The molecule has 0 N–H and O–H groups in total. The van der Waals surface area contributed by atoms with Crippen molar-refractivity contribution in [2.24, 2.45) is 0 Å². The van der Waals surface area contributed by atoms with E-state index in [0.717, 1.165) is 11.8 Å². The van der Waals surface area contributed by atoms with E-state index in [2.05, 4.69) is 4.18 Å². The minimum atomic E-state index is -3.61. The van der Waals surface area contributed by atoms with E-state index in [0.29, 0.717) is 5.56 Å². The molecule has 0 radical (unpaired) electrons. The Morgan fingerprint density at radius 2 is 1.74 bits per heavy atom. The molecule has 2 aromatic rings. The van der Waals surface area contributed by atoms with Gasteiger partial charge >= 0.3 is 5.69 Å². The van der Waals surface area contributed by atoms with Crippen molar-refractivity contribution >= 4 is 15.8 Å². The zero-order valence-corrected chi connectivity index (χ0v) is 13.2. The van der Waals surface area contributed by atoms with Crippen LogP contribution in [-0.4, -0.2) is 19.6 Å². The van der Waals surface area contributed by atoms with Gasteiger partial charge in [0.25, 0.3) is 10.1 Å². The van der Waals surface area contributed by atoms with Crippen LogP contribution in [0.5, 0.6) is 5.75 Å². The number of nitro groups is 1. The van der Waals surface area contributed by atoms with Crippen molar-refractivity contribution in [2.45, 2.75) is 13.2 Å². The van der Waals surface area contributed by atoms with Gasteiger partial charge in [0, 0.05) is 6.07 Å². The molecular weight excluding hydrogens is 322 g/mol. The summed E-state index contributed by atoms with van der Waals surface area (Å²) in [6, 6.07) is 13.5. The van der Waals surface area contributed by atoms with Crippen LogP contribution >= 0.6 is 0 Å². The molecule has 8 heteroatoms. The van der Waals surface area contributed by atoms with Gasteiger partial charge in [0.1, 0.15) is 6.61 Å². The number of hydrogen-bond acceptors (Lipinski definition) is 6. The average molecular weight is 337 g/mol. The summed E-state index contributed by atoms with van der Waals surface area (Å²) in [5, 5.41) is 11.2. The molecule has 0 spiro atoms. The summed E-state index contributed by atoms with van der Waals surface area (Å²) < 4.78 is 32.1. The minimum absolute atomic E-state index is 0.113. The molecule has 0 aliphatic rings. The van der Waals surface area contributed by atoms with Crippen LogP contribution in [0.15, 0.2) is 48.5 Å². The predicted octanol–water partition coefficient (Wildman–Crippen LogP) is 2.65. The molecule has 23 heavy (non-hydrogen) atoms. The molecule has 0 saturated heterocycles. The topological polar surface area (TPSA) is 95.7 Å². The molecule has 0 unspecified atom stereocenters. The van der Waals surface area contributed by atoms with E-state index >= 15 is 0 Å². The van der Waals surface area contributed by atoms with Gasteiger partial charge in [0.15, 0.2) is 5.75 Å².